The lowest BCUT2D eigenvalue weighted by Crippen LogP contribution is -2.43. The Morgan fingerprint density at radius 3 is 2.22 bits per heavy atom. The summed E-state index contributed by atoms with van der Waals surface area (Å²) < 4.78 is 27.8. The second-order valence-corrected chi connectivity index (χ2v) is 5.61. The first-order valence-electron chi connectivity index (χ1n) is 7.48. The largest absolute Gasteiger partial charge is 0.496 e. The molecule has 0 aliphatic carbocycles. The van der Waals surface area contributed by atoms with Crippen molar-refractivity contribution in [1.82, 2.24) is 0 Å². The molecule has 1 fully saturated rings. The number of cyclic esters (lactones) is 1. The molecule has 0 spiro atoms. The van der Waals surface area contributed by atoms with Crippen LogP contribution in [0, 0.1) is 12.8 Å². The van der Waals surface area contributed by atoms with Gasteiger partial charge in [0.2, 0.25) is 5.79 Å². The van der Waals surface area contributed by atoms with Gasteiger partial charge < -0.3 is 23.7 Å². The highest BCUT2D eigenvalue weighted by Crippen LogP contribution is 2.45. The highest BCUT2D eigenvalue weighted by Gasteiger charge is 2.51. The fourth-order valence-corrected chi connectivity index (χ4v) is 3.13. The zero-order chi connectivity index (χ0) is 17.2. The molecule has 1 aromatic rings. The van der Waals surface area contributed by atoms with E-state index in [0.29, 0.717) is 23.5 Å². The van der Waals surface area contributed by atoms with Gasteiger partial charge in [0.1, 0.15) is 11.5 Å². The number of hydrogen-bond acceptors (Lipinski definition) is 6. The third kappa shape index (κ3) is 2.77. The quantitative estimate of drug-likeness (QED) is 0.591. The average Bonchev–Trinajstić information content (AvgIpc) is 2.89. The molecule has 1 aliphatic heterocycles. The SMILES string of the molecule is COc1ccc(C(OC)(OC)[C@@H]2C[C@@H](C)C(=O)O2)c(OC)c1C. The minimum absolute atomic E-state index is 0.199. The number of benzene rings is 1. The van der Waals surface area contributed by atoms with Crippen molar-refractivity contribution >= 4 is 5.97 Å². The molecule has 0 unspecified atom stereocenters. The monoisotopic (exact) mass is 324 g/mol. The average molecular weight is 324 g/mol. The molecular formula is C17H24O6. The van der Waals surface area contributed by atoms with Crippen molar-refractivity contribution in [2.75, 3.05) is 28.4 Å². The zero-order valence-corrected chi connectivity index (χ0v) is 14.5. The molecule has 0 bridgehead atoms. The van der Waals surface area contributed by atoms with E-state index < -0.39 is 11.9 Å². The van der Waals surface area contributed by atoms with Gasteiger partial charge in [0.25, 0.3) is 0 Å². The van der Waals surface area contributed by atoms with Crippen LogP contribution in [0.25, 0.3) is 0 Å². The van der Waals surface area contributed by atoms with Crippen molar-refractivity contribution in [2.24, 2.45) is 5.92 Å². The first-order valence-corrected chi connectivity index (χ1v) is 7.48. The molecule has 6 heteroatoms. The van der Waals surface area contributed by atoms with Crippen LogP contribution in [0.4, 0.5) is 0 Å². The Morgan fingerprint density at radius 2 is 1.78 bits per heavy atom. The maximum Gasteiger partial charge on any atom is 0.309 e. The number of rotatable bonds is 6. The Morgan fingerprint density at radius 1 is 1.13 bits per heavy atom. The van der Waals surface area contributed by atoms with Crippen LogP contribution in [-0.4, -0.2) is 40.5 Å². The molecule has 128 valence electrons. The van der Waals surface area contributed by atoms with Gasteiger partial charge in [-0.3, -0.25) is 4.79 Å². The van der Waals surface area contributed by atoms with E-state index in [1.165, 1.54) is 14.2 Å². The Kier molecular flexibility index (Phi) is 5.16. The summed E-state index contributed by atoms with van der Waals surface area (Å²) >= 11 is 0. The van der Waals surface area contributed by atoms with Crippen molar-refractivity contribution in [3.05, 3.63) is 23.3 Å². The van der Waals surface area contributed by atoms with E-state index in [0.717, 1.165) is 5.56 Å². The molecule has 2 atom stereocenters. The summed E-state index contributed by atoms with van der Waals surface area (Å²) in [5.41, 5.74) is 1.48. The van der Waals surface area contributed by atoms with E-state index >= 15 is 0 Å². The summed E-state index contributed by atoms with van der Waals surface area (Å²) in [6.07, 6.45) is -0.0453. The number of hydrogen-bond donors (Lipinski definition) is 0. The molecule has 1 aliphatic rings. The number of carbonyl (C=O) groups excluding carboxylic acids is 1. The lowest BCUT2D eigenvalue weighted by molar-refractivity contribution is -0.268. The maximum absolute atomic E-state index is 11.8. The minimum Gasteiger partial charge on any atom is -0.496 e. The van der Waals surface area contributed by atoms with Crippen LogP contribution in [0.15, 0.2) is 12.1 Å². The van der Waals surface area contributed by atoms with Crippen LogP contribution in [0.2, 0.25) is 0 Å². The summed E-state index contributed by atoms with van der Waals surface area (Å²) in [6, 6.07) is 3.63. The molecule has 1 aromatic carbocycles. The fraction of sp³-hybridized carbons (Fsp3) is 0.588. The molecule has 2 rings (SSSR count). The van der Waals surface area contributed by atoms with Crippen molar-refractivity contribution in [2.45, 2.75) is 32.2 Å². The smallest absolute Gasteiger partial charge is 0.309 e. The molecule has 1 heterocycles. The van der Waals surface area contributed by atoms with Gasteiger partial charge in [-0.1, -0.05) is 6.92 Å². The van der Waals surface area contributed by atoms with E-state index in [9.17, 15) is 4.79 Å². The molecular weight excluding hydrogens is 300 g/mol. The Labute approximate surface area is 136 Å². The Hall–Kier alpha value is -1.79. The third-order valence-corrected chi connectivity index (χ3v) is 4.41. The molecule has 6 nitrogen and oxygen atoms in total. The molecule has 0 saturated carbocycles. The van der Waals surface area contributed by atoms with Gasteiger partial charge in [0.15, 0.2) is 6.10 Å². The van der Waals surface area contributed by atoms with Crippen LogP contribution < -0.4 is 9.47 Å². The second kappa shape index (κ2) is 6.76. The molecule has 1 saturated heterocycles. The summed E-state index contributed by atoms with van der Waals surface area (Å²) in [5, 5.41) is 0. The summed E-state index contributed by atoms with van der Waals surface area (Å²) in [5.74, 6) is -0.400. The second-order valence-electron chi connectivity index (χ2n) is 5.61. The van der Waals surface area contributed by atoms with Crippen LogP contribution in [0.5, 0.6) is 11.5 Å². The number of methoxy groups -OCH3 is 4. The van der Waals surface area contributed by atoms with Crippen LogP contribution in [0.1, 0.15) is 24.5 Å². The fourth-order valence-electron chi connectivity index (χ4n) is 3.13. The van der Waals surface area contributed by atoms with Gasteiger partial charge in [0, 0.05) is 26.2 Å². The van der Waals surface area contributed by atoms with E-state index in [4.69, 9.17) is 23.7 Å². The number of carbonyl (C=O) groups is 1. The summed E-state index contributed by atoms with van der Waals surface area (Å²) in [6.45, 7) is 3.72. The van der Waals surface area contributed by atoms with Crippen molar-refractivity contribution in [3.8, 4) is 11.5 Å². The van der Waals surface area contributed by atoms with Crippen molar-refractivity contribution < 1.29 is 28.5 Å². The molecule has 0 aromatic heterocycles. The maximum atomic E-state index is 11.8. The van der Waals surface area contributed by atoms with E-state index in [1.54, 1.807) is 14.2 Å². The standard InChI is InChI=1S/C17H24O6/c1-10-9-14(23-16(10)18)17(21-5,22-6)12-7-8-13(19-3)11(2)15(12)20-4/h7-8,10,14H,9H2,1-6H3/t10-,14+/m1/s1. The number of ether oxygens (including phenoxy) is 5. The molecule has 0 N–H and O–H groups in total. The number of esters is 1. The molecule has 0 radical (unpaired) electrons. The zero-order valence-electron chi connectivity index (χ0n) is 14.5. The first-order chi connectivity index (χ1) is 10.9. The Bertz CT molecular complexity index is 579. The van der Waals surface area contributed by atoms with Gasteiger partial charge in [-0.15, -0.1) is 0 Å². The highest BCUT2D eigenvalue weighted by atomic mass is 16.7. The normalized spacial score (nSPS) is 21.2. The van der Waals surface area contributed by atoms with Gasteiger partial charge >= 0.3 is 5.97 Å². The Balaban J connectivity index is 2.58. The lowest BCUT2D eigenvalue weighted by atomic mass is 9.92. The molecule has 23 heavy (non-hydrogen) atoms. The summed E-state index contributed by atoms with van der Waals surface area (Å²) in [7, 11) is 6.23. The van der Waals surface area contributed by atoms with Gasteiger partial charge in [-0.05, 0) is 19.1 Å². The predicted molar refractivity (Wildman–Crippen MR) is 83.6 cm³/mol. The van der Waals surface area contributed by atoms with Crippen LogP contribution in [0.3, 0.4) is 0 Å². The van der Waals surface area contributed by atoms with Crippen LogP contribution in [-0.2, 0) is 24.8 Å². The lowest BCUT2D eigenvalue weighted by Gasteiger charge is -2.36. The van der Waals surface area contributed by atoms with Crippen LogP contribution >= 0.6 is 0 Å². The highest BCUT2D eigenvalue weighted by molar-refractivity contribution is 5.74. The molecule has 0 amide bonds. The van der Waals surface area contributed by atoms with E-state index in [1.807, 2.05) is 26.0 Å². The van der Waals surface area contributed by atoms with Crippen molar-refractivity contribution in [1.29, 1.82) is 0 Å². The van der Waals surface area contributed by atoms with Gasteiger partial charge in [-0.25, -0.2) is 0 Å². The summed E-state index contributed by atoms with van der Waals surface area (Å²) in [4.78, 5) is 11.8. The van der Waals surface area contributed by atoms with E-state index in [2.05, 4.69) is 0 Å². The first kappa shape index (κ1) is 17.6. The topological polar surface area (TPSA) is 63.2 Å². The third-order valence-electron chi connectivity index (χ3n) is 4.41. The van der Waals surface area contributed by atoms with Crippen molar-refractivity contribution in [3.63, 3.8) is 0 Å². The van der Waals surface area contributed by atoms with Gasteiger partial charge in [0.05, 0.1) is 25.7 Å². The predicted octanol–water partition coefficient (Wildman–Crippen LogP) is 2.41. The van der Waals surface area contributed by atoms with E-state index in [-0.39, 0.29) is 11.9 Å². The van der Waals surface area contributed by atoms with Gasteiger partial charge in [-0.2, -0.15) is 0 Å². The minimum atomic E-state index is -1.23.